The van der Waals surface area contributed by atoms with Gasteiger partial charge >= 0.3 is 0 Å². The van der Waals surface area contributed by atoms with Crippen molar-refractivity contribution in [2.24, 2.45) is 5.92 Å². The van der Waals surface area contributed by atoms with Crippen molar-refractivity contribution in [2.45, 2.75) is 6.04 Å². The van der Waals surface area contributed by atoms with Crippen molar-refractivity contribution in [3.05, 3.63) is 0 Å². The molecule has 5 heteroatoms. The maximum absolute atomic E-state index is 11.6. The molecule has 2 heterocycles. The highest BCUT2D eigenvalue weighted by Crippen LogP contribution is 2.18. The van der Waals surface area contributed by atoms with Gasteiger partial charge in [0.1, 0.15) is 0 Å². The first-order chi connectivity index (χ1) is 6.18. The number of nitrogens with one attached hydrogen (secondary N) is 1. The van der Waals surface area contributed by atoms with Crippen molar-refractivity contribution in [3.8, 4) is 0 Å². The summed E-state index contributed by atoms with van der Waals surface area (Å²) in [5, 5.41) is 2.78. The molecular formula is C8H12N2O3. The third-order valence-electron chi connectivity index (χ3n) is 2.50. The van der Waals surface area contributed by atoms with E-state index in [1.165, 1.54) is 4.90 Å². The van der Waals surface area contributed by atoms with Gasteiger partial charge in [0.25, 0.3) is 0 Å². The van der Waals surface area contributed by atoms with Crippen molar-refractivity contribution in [2.75, 3.05) is 26.8 Å². The molecule has 2 fully saturated rings. The minimum absolute atomic E-state index is 0.000787. The molecule has 1 N–H and O–H groups in total. The average molecular weight is 184 g/mol. The molecule has 2 saturated heterocycles. The number of rotatable bonds is 0. The van der Waals surface area contributed by atoms with Crippen molar-refractivity contribution in [3.63, 3.8) is 0 Å². The fourth-order valence-corrected chi connectivity index (χ4v) is 1.77. The van der Waals surface area contributed by atoms with Gasteiger partial charge in [0, 0.05) is 7.05 Å². The quantitative estimate of drug-likeness (QED) is 0.503. The number of carbonyl (C=O) groups is 2. The predicted octanol–water partition coefficient (Wildman–Crippen LogP) is -1.41. The van der Waals surface area contributed by atoms with E-state index < -0.39 is 0 Å². The molecule has 0 bridgehead atoms. The number of likely N-dealkylation sites (N-methyl/N-ethyl adjacent to an activating group) is 1. The summed E-state index contributed by atoms with van der Waals surface area (Å²) in [7, 11) is 1.64. The van der Waals surface area contributed by atoms with Gasteiger partial charge in [0.05, 0.1) is 31.7 Å². The number of amides is 2. The second-order valence-electron chi connectivity index (χ2n) is 3.51. The molecule has 0 aromatic rings. The Morgan fingerprint density at radius 1 is 1.46 bits per heavy atom. The summed E-state index contributed by atoms with van der Waals surface area (Å²) >= 11 is 0. The van der Waals surface area contributed by atoms with Gasteiger partial charge in [-0.15, -0.1) is 0 Å². The van der Waals surface area contributed by atoms with Gasteiger partial charge in [0.15, 0.2) is 0 Å². The first-order valence-corrected chi connectivity index (χ1v) is 4.30. The van der Waals surface area contributed by atoms with Crippen LogP contribution in [0.25, 0.3) is 0 Å². The van der Waals surface area contributed by atoms with Crippen LogP contribution in [0.5, 0.6) is 0 Å². The molecule has 0 aliphatic carbocycles. The Morgan fingerprint density at radius 2 is 2.23 bits per heavy atom. The van der Waals surface area contributed by atoms with E-state index in [9.17, 15) is 9.59 Å². The van der Waals surface area contributed by atoms with Crippen molar-refractivity contribution < 1.29 is 14.3 Å². The Balaban J connectivity index is 2.21. The fourth-order valence-electron chi connectivity index (χ4n) is 1.77. The molecule has 0 radical (unpaired) electrons. The molecule has 2 aliphatic heterocycles. The van der Waals surface area contributed by atoms with Gasteiger partial charge in [-0.25, -0.2) is 0 Å². The summed E-state index contributed by atoms with van der Waals surface area (Å²) in [5.41, 5.74) is 0. The molecule has 0 spiro atoms. The topological polar surface area (TPSA) is 58.6 Å². The molecule has 2 rings (SSSR count). The normalized spacial score (nSPS) is 34.1. The SMILES string of the molecule is CN1CC(=O)N[C@H]2COC[C@H]2C1=O. The highest BCUT2D eigenvalue weighted by atomic mass is 16.5. The van der Waals surface area contributed by atoms with E-state index in [-0.39, 0.29) is 30.3 Å². The van der Waals surface area contributed by atoms with Gasteiger partial charge in [-0.05, 0) is 0 Å². The zero-order valence-corrected chi connectivity index (χ0v) is 7.45. The highest BCUT2D eigenvalue weighted by molar-refractivity contribution is 5.89. The van der Waals surface area contributed by atoms with Gasteiger partial charge < -0.3 is 15.0 Å². The summed E-state index contributed by atoms with van der Waals surface area (Å²) < 4.78 is 5.15. The minimum Gasteiger partial charge on any atom is -0.378 e. The summed E-state index contributed by atoms with van der Waals surface area (Å²) in [5.74, 6) is -0.286. The van der Waals surface area contributed by atoms with E-state index >= 15 is 0 Å². The van der Waals surface area contributed by atoms with E-state index in [0.29, 0.717) is 13.2 Å². The predicted molar refractivity (Wildman–Crippen MR) is 43.9 cm³/mol. The van der Waals surface area contributed by atoms with Gasteiger partial charge in [-0.1, -0.05) is 0 Å². The molecule has 0 saturated carbocycles. The maximum atomic E-state index is 11.6. The Morgan fingerprint density at radius 3 is 3.00 bits per heavy atom. The molecule has 0 aromatic carbocycles. The standard InChI is InChI=1S/C8H12N2O3/c1-10-2-7(11)9-6-4-13-3-5(6)8(10)12/h5-6H,2-4H2,1H3,(H,9,11)/t5-,6+/m1/s1. The molecule has 13 heavy (non-hydrogen) atoms. The lowest BCUT2D eigenvalue weighted by molar-refractivity contribution is -0.135. The van der Waals surface area contributed by atoms with Crippen molar-refractivity contribution in [1.29, 1.82) is 0 Å². The lowest BCUT2D eigenvalue weighted by Crippen LogP contribution is -2.40. The van der Waals surface area contributed by atoms with E-state index in [1.54, 1.807) is 7.05 Å². The van der Waals surface area contributed by atoms with Gasteiger partial charge in [0.2, 0.25) is 11.8 Å². The molecule has 72 valence electrons. The second-order valence-corrected chi connectivity index (χ2v) is 3.51. The minimum atomic E-state index is -0.184. The molecular weight excluding hydrogens is 172 g/mol. The Hall–Kier alpha value is -1.10. The molecule has 5 nitrogen and oxygen atoms in total. The van der Waals surface area contributed by atoms with E-state index in [2.05, 4.69) is 5.32 Å². The molecule has 0 aromatic heterocycles. The van der Waals surface area contributed by atoms with Crippen LogP contribution < -0.4 is 5.32 Å². The molecule has 2 atom stereocenters. The van der Waals surface area contributed by atoms with Crippen LogP contribution in [0.3, 0.4) is 0 Å². The van der Waals surface area contributed by atoms with Crippen LogP contribution in [0.4, 0.5) is 0 Å². The Kier molecular flexibility index (Phi) is 1.95. The zero-order valence-electron chi connectivity index (χ0n) is 7.45. The summed E-state index contributed by atoms with van der Waals surface area (Å²) in [6.07, 6.45) is 0. The van der Waals surface area contributed by atoms with Gasteiger partial charge in [-0.3, -0.25) is 9.59 Å². The van der Waals surface area contributed by atoms with Crippen LogP contribution in [-0.2, 0) is 14.3 Å². The van der Waals surface area contributed by atoms with Crippen molar-refractivity contribution in [1.82, 2.24) is 10.2 Å². The van der Waals surface area contributed by atoms with E-state index in [0.717, 1.165) is 0 Å². The zero-order chi connectivity index (χ0) is 9.42. The average Bonchev–Trinajstić information content (AvgIpc) is 2.47. The number of hydrogen-bond acceptors (Lipinski definition) is 3. The first kappa shape index (κ1) is 8.50. The van der Waals surface area contributed by atoms with Gasteiger partial charge in [-0.2, -0.15) is 0 Å². The Bertz CT molecular complexity index is 254. The third kappa shape index (κ3) is 1.39. The second kappa shape index (κ2) is 2.99. The molecule has 2 aliphatic rings. The number of ether oxygens (including phenoxy) is 1. The van der Waals surface area contributed by atoms with Crippen LogP contribution in [0.15, 0.2) is 0 Å². The van der Waals surface area contributed by atoms with Crippen LogP contribution >= 0.6 is 0 Å². The highest BCUT2D eigenvalue weighted by Gasteiger charge is 2.39. The summed E-state index contributed by atoms with van der Waals surface area (Å²) in [6.45, 7) is 1.04. The van der Waals surface area contributed by atoms with Crippen LogP contribution in [0, 0.1) is 5.92 Å². The monoisotopic (exact) mass is 184 g/mol. The third-order valence-corrected chi connectivity index (χ3v) is 2.50. The smallest absolute Gasteiger partial charge is 0.239 e. The maximum Gasteiger partial charge on any atom is 0.239 e. The lowest BCUT2D eigenvalue weighted by atomic mass is 10.0. The number of carbonyl (C=O) groups excluding carboxylic acids is 2. The van der Waals surface area contributed by atoms with E-state index in [1.807, 2.05) is 0 Å². The van der Waals surface area contributed by atoms with Crippen LogP contribution in [0.1, 0.15) is 0 Å². The molecule has 0 unspecified atom stereocenters. The largest absolute Gasteiger partial charge is 0.378 e. The number of nitrogens with zero attached hydrogens (tertiary/aromatic N) is 1. The first-order valence-electron chi connectivity index (χ1n) is 4.30. The van der Waals surface area contributed by atoms with Crippen LogP contribution in [-0.4, -0.2) is 49.6 Å². The summed E-state index contributed by atoms with van der Waals surface area (Å²) in [6, 6.07) is -0.120. The van der Waals surface area contributed by atoms with Crippen molar-refractivity contribution >= 4 is 11.8 Å². The number of fused-ring (bicyclic) bond motifs is 1. The fraction of sp³-hybridized carbons (Fsp3) is 0.750. The number of hydrogen-bond donors (Lipinski definition) is 1. The van der Waals surface area contributed by atoms with E-state index in [4.69, 9.17) is 4.74 Å². The lowest BCUT2D eigenvalue weighted by Gasteiger charge is -2.16. The molecule has 2 amide bonds. The Labute approximate surface area is 76.0 Å². The van der Waals surface area contributed by atoms with Crippen LogP contribution in [0.2, 0.25) is 0 Å². The summed E-state index contributed by atoms with van der Waals surface area (Å²) in [4.78, 5) is 24.3.